The second kappa shape index (κ2) is 7.15. The van der Waals surface area contributed by atoms with E-state index >= 15 is 0 Å². The number of carbonyl (C=O) groups is 1. The van der Waals surface area contributed by atoms with Gasteiger partial charge in [-0.2, -0.15) is 5.10 Å². The van der Waals surface area contributed by atoms with Gasteiger partial charge in [0.2, 0.25) is 0 Å². The molecular formula is C17H25N5O2. The van der Waals surface area contributed by atoms with Gasteiger partial charge in [-0.05, 0) is 26.7 Å². The van der Waals surface area contributed by atoms with Gasteiger partial charge in [-0.1, -0.05) is 12.8 Å². The van der Waals surface area contributed by atoms with Crippen LogP contribution in [-0.2, 0) is 16.6 Å². The molecule has 0 aliphatic heterocycles. The Balaban J connectivity index is 1.86. The van der Waals surface area contributed by atoms with Gasteiger partial charge in [0.05, 0.1) is 24.6 Å². The Morgan fingerprint density at radius 2 is 2.17 bits per heavy atom. The highest BCUT2D eigenvalue weighted by atomic mass is 16.5. The van der Waals surface area contributed by atoms with E-state index in [0.717, 1.165) is 35.5 Å². The van der Waals surface area contributed by atoms with Crippen LogP contribution in [0.1, 0.15) is 57.7 Å². The van der Waals surface area contributed by atoms with E-state index in [4.69, 9.17) is 14.7 Å². The Hall–Kier alpha value is -2.18. The van der Waals surface area contributed by atoms with Crippen LogP contribution in [0.25, 0.3) is 11.0 Å². The number of hydrogen-bond donors (Lipinski definition) is 1. The molecule has 0 spiro atoms. The fourth-order valence-electron chi connectivity index (χ4n) is 3.27. The lowest BCUT2D eigenvalue weighted by molar-refractivity contribution is -0.143. The molecule has 1 N–H and O–H groups in total. The van der Waals surface area contributed by atoms with E-state index in [9.17, 15) is 4.79 Å². The summed E-state index contributed by atoms with van der Waals surface area (Å²) < 4.78 is 6.79. The van der Waals surface area contributed by atoms with Crippen molar-refractivity contribution in [1.29, 1.82) is 0 Å². The molecule has 24 heavy (non-hydrogen) atoms. The van der Waals surface area contributed by atoms with Crippen LogP contribution in [0.4, 0.5) is 5.82 Å². The van der Waals surface area contributed by atoms with E-state index in [0.29, 0.717) is 18.9 Å². The first-order valence-corrected chi connectivity index (χ1v) is 8.70. The van der Waals surface area contributed by atoms with E-state index in [-0.39, 0.29) is 12.0 Å². The molecule has 7 nitrogen and oxygen atoms in total. The van der Waals surface area contributed by atoms with Crippen LogP contribution in [0, 0.1) is 0 Å². The second-order valence-corrected chi connectivity index (χ2v) is 6.47. The van der Waals surface area contributed by atoms with Crippen molar-refractivity contribution in [2.75, 3.05) is 11.9 Å². The monoisotopic (exact) mass is 331 g/mol. The highest BCUT2D eigenvalue weighted by molar-refractivity contribution is 5.86. The number of aromatic nitrogens is 4. The number of nitrogens with one attached hydrogen (secondary N) is 1. The number of ether oxygens (including phenoxy) is 1. The molecule has 0 bridgehead atoms. The smallest absolute Gasteiger partial charge is 0.307 e. The van der Waals surface area contributed by atoms with E-state index in [1.807, 2.05) is 20.9 Å². The van der Waals surface area contributed by atoms with Crippen LogP contribution in [0.2, 0.25) is 0 Å². The van der Waals surface area contributed by atoms with Crippen molar-refractivity contribution < 1.29 is 9.53 Å². The highest BCUT2D eigenvalue weighted by Crippen LogP contribution is 2.34. The van der Waals surface area contributed by atoms with Gasteiger partial charge in [0.1, 0.15) is 11.6 Å². The lowest BCUT2D eigenvalue weighted by atomic mass is 10.1. The quantitative estimate of drug-likeness (QED) is 0.820. The van der Waals surface area contributed by atoms with Gasteiger partial charge in [-0.3, -0.25) is 9.48 Å². The van der Waals surface area contributed by atoms with Crippen molar-refractivity contribution >= 4 is 22.8 Å². The maximum absolute atomic E-state index is 11.7. The molecule has 7 heteroatoms. The molecule has 1 aliphatic rings. The summed E-state index contributed by atoms with van der Waals surface area (Å²) in [4.78, 5) is 21.2. The van der Waals surface area contributed by atoms with Gasteiger partial charge in [0.25, 0.3) is 0 Å². The zero-order chi connectivity index (χ0) is 17.1. The lowest BCUT2D eigenvalue weighted by Gasteiger charge is -2.16. The lowest BCUT2D eigenvalue weighted by Crippen LogP contribution is -2.22. The minimum atomic E-state index is -0.204. The maximum atomic E-state index is 11.7. The van der Waals surface area contributed by atoms with Crippen molar-refractivity contribution in [2.24, 2.45) is 7.05 Å². The average Bonchev–Trinajstić information content (AvgIpc) is 3.18. The van der Waals surface area contributed by atoms with Gasteiger partial charge in [-0.15, -0.1) is 0 Å². The minimum absolute atomic E-state index is 0.0706. The number of carbonyl (C=O) groups excluding carboxylic acids is 1. The van der Waals surface area contributed by atoms with Gasteiger partial charge >= 0.3 is 5.97 Å². The molecule has 0 unspecified atom stereocenters. The predicted molar refractivity (Wildman–Crippen MR) is 91.8 cm³/mol. The van der Waals surface area contributed by atoms with Crippen molar-refractivity contribution in [3.8, 4) is 0 Å². The molecule has 1 fully saturated rings. The van der Waals surface area contributed by atoms with E-state index in [1.165, 1.54) is 12.8 Å². The first-order valence-electron chi connectivity index (χ1n) is 8.70. The molecule has 0 radical (unpaired) electrons. The van der Waals surface area contributed by atoms with Crippen LogP contribution in [0.3, 0.4) is 0 Å². The SMILES string of the molecule is CCOC(=O)C[C@H](C)Nc1nc(C2CCCC2)nc2c1cnn2C. The predicted octanol–water partition coefficient (Wildman–Crippen LogP) is 2.77. The largest absolute Gasteiger partial charge is 0.466 e. The summed E-state index contributed by atoms with van der Waals surface area (Å²) in [6.07, 6.45) is 6.83. The summed E-state index contributed by atoms with van der Waals surface area (Å²) in [7, 11) is 1.89. The van der Waals surface area contributed by atoms with Gasteiger partial charge < -0.3 is 10.1 Å². The summed E-state index contributed by atoms with van der Waals surface area (Å²) in [6, 6.07) is -0.0706. The third-order valence-corrected chi connectivity index (χ3v) is 4.49. The Kier molecular flexibility index (Phi) is 4.97. The first-order chi connectivity index (χ1) is 11.6. The topological polar surface area (TPSA) is 81.9 Å². The number of rotatable bonds is 6. The summed E-state index contributed by atoms with van der Waals surface area (Å²) in [5, 5.41) is 8.53. The maximum Gasteiger partial charge on any atom is 0.307 e. The number of esters is 1. The molecule has 2 aromatic heterocycles. The standard InChI is InChI=1S/C17H25N5O2/c1-4-24-14(23)9-11(2)19-16-13-10-18-22(3)17(13)21-15(20-16)12-7-5-6-8-12/h10-12H,4-9H2,1-3H3,(H,19,20,21)/t11-/m0/s1. The number of aryl methyl sites for hydroxylation is 1. The molecule has 1 saturated carbocycles. The third kappa shape index (κ3) is 3.49. The molecule has 2 aromatic rings. The van der Waals surface area contributed by atoms with E-state index in [1.54, 1.807) is 10.9 Å². The van der Waals surface area contributed by atoms with Crippen molar-refractivity contribution in [2.45, 2.75) is 57.9 Å². The van der Waals surface area contributed by atoms with Crippen LogP contribution < -0.4 is 5.32 Å². The average molecular weight is 331 g/mol. The third-order valence-electron chi connectivity index (χ3n) is 4.49. The number of nitrogens with zero attached hydrogens (tertiary/aromatic N) is 4. The Bertz CT molecular complexity index is 721. The first kappa shape index (κ1) is 16.7. The summed E-state index contributed by atoms with van der Waals surface area (Å²) in [5.74, 6) is 1.86. The number of anilines is 1. The molecule has 2 heterocycles. The molecule has 130 valence electrons. The van der Waals surface area contributed by atoms with Crippen LogP contribution in [-0.4, -0.2) is 38.4 Å². The second-order valence-electron chi connectivity index (χ2n) is 6.47. The van der Waals surface area contributed by atoms with Crippen LogP contribution in [0.5, 0.6) is 0 Å². The minimum Gasteiger partial charge on any atom is -0.466 e. The van der Waals surface area contributed by atoms with E-state index in [2.05, 4.69) is 10.4 Å². The molecule has 1 aliphatic carbocycles. The van der Waals surface area contributed by atoms with Gasteiger partial charge in [0.15, 0.2) is 5.65 Å². The highest BCUT2D eigenvalue weighted by Gasteiger charge is 2.23. The van der Waals surface area contributed by atoms with Crippen LogP contribution in [0.15, 0.2) is 6.20 Å². The van der Waals surface area contributed by atoms with Crippen molar-refractivity contribution in [3.05, 3.63) is 12.0 Å². The molecule has 1 atom stereocenters. The molecule has 0 amide bonds. The normalized spacial score (nSPS) is 16.5. The fraction of sp³-hybridized carbons (Fsp3) is 0.647. The zero-order valence-electron chi connectivity index (χ0n) is 14.6. The van der Waals surface area contributed by atoms with Crippen LogP contribution >= 0.6 is 0 Å². The van der Waals surface area contributed by atoms with Gasteiger partial charge in [0, 0.05) is 19.0 Å². The molecule has 0 saturated heterocycles. The number of fused-ring (bicyclic) bond motifs is 1. The van der Waals surface area contributed by atoms with Crippen molar-refractivity contribution in [1.82, 2.24) is 19.7 Å². The summed E-state index contributed by atoms with van der Waals surface area (Å²) >= 11 is 0. The van der Waals surface area contributed by atoms with Gasteiger partial charge in [-0.25, -0.2) is 9.97 Å². The Morgan fingerprint density at radius 1 is 1.42 bits per heavy atom. The Morgan fingerprint density at radius 3 is 2.88 bits per heavy atom. The number of hydrogen-bond acceptors (Lipinski definition) is 6. The fourth-order valence-corrected chi connectivity index (χ4v) is 3.27. The zero-order valence-corrected chi connectivity index (χ0v) is 14.6. The van der Waals surface area contributed by atoms with Crippen molar-refractivity contribution in [3.63, 3.8) is 0 Å². The Labute approximate surface area is 141 Å². The molecule has 3 rings (SSSR count). The summed E-state index contributed by atoms with van der Waals surface area (Å²) in [6.45, 7) is 4.17. The van der Waals surface area contributed by atoms with E-state index < -0.39 is 0 Å². The molecular weight excluding hydrogens is 306 g/mol. The summed E-state index contributed by atoms with van der Waals surface area (Å²) in [5.41, 5.74) is 0.831. The molecule has 0 aromatic carbocycles.